The van der Waals surface area contributed by atoms with E-state index in [0.29, 0.717) is 4.52 Å². The molecule has 3 aromatic heterocycles. The van der Waals surface area contributed by atoms with E-state index in [4.69, 9.17) is 0 Å². The third-order valence-corrected chi connectivity index (χ3v) is 7.15. The first-order chi connectivity index (χ1) is 15.5. The molecule has 0 unspecified atom stereocenters. The van der Waals surface area contributed by atoms with Crippen molar-refractivity contribution in [1.82, 2.24) is 19.6 Å². The maximum atomic E-state index is 13.4. The van der Waals surface area contributed by atoms with Crippen LogP contribution in [0.5, 0.6) is 0 Å². The number of nitrogens with zero attached hydrogens (tertiary/aromatic N) is 4. The molecule has 0 bridgehead atoms. The summed E-state index contributed by atoms with van der Waals surface area (Å²) in [5.74, 6) is -0.810. The number of alkyl halides is 3. The standard InChI is InChI=1S/C18H12BrF3N6O3S2/c1-9-8-12(18(20,21)22)28-15(24-9)13(19)14(26-28)16(29)25-10-2-4-11(5-3-10)33(30,31)27-17-23-6-7-32-17/h2-8H,1H3,(H,23,27)(H,25,29). The summed E-state index contributed by atoms with van der Waals surface area (Å²) >= 11 is 4.21. The van der Waals surface area contributed by atoms with E-state index in [1.807, 2.05) is 0 Å². The Labute approximate surface area is 196 Å². The van der Waals surface area contributed by atoms with Gasteiger partial charge in [0.05, 0.1) is 9.37 Å². The summed E-state index contributed by atoms with van der Waals surface area (Å²) < 4.78 is 67.8. The first-order valence-electron chi connectivity index (χ1n) is 8.92. The van der Waals surface area contributed by atoms with Crippen molar-refractivity contribution in [1.29, 1.82) is 0 Å². The van der Waals surface area contributed by atoms with Crippen LogP contribution in [0.4, 0.5) is 24.0 Å². The van der Waals surface area contributed by atoms with E-state index in [2.05, 4.69) is 41.0 Å². The normalized spacial score (nSPS) is 12.2. The summed E-state index contributed by atoms with van der Waals surface area (Å²) in [6.45, 7) is 1.40. The van der Waals surface area contributed by atoms with Gasteiger partial charge in [-0.05, 0) is 53.2 Å². The van der Waals surface area contributed by atoms with Crippen LogP contribution < -0.4 is 10.0 Å². The van der Waals surface area contributed by atoms with Crippen molar-refractivity contribution in [2.75, 3.05) is 10.0 Å². The minimum atomic E-state index is -4.71. The Hall–Kier alpha value is -3.04. The minimum Gasteiger partial charge on any atom is -0.321 e. The Balaban J connectivity index is 1.59. The van der Waals surface area contributed by atoms with E-state index in [1.165, 1.54) is 37.4 Å². The quantitative estimate of drug-likeness (QED) is 0.375. The smallest absolute Gasteiger partial charge is 0.321 e. The molecule has 4 rings (SSSR count). The second-order valence-electron chi connectivity index (χ2n) is 6.60. The number of fused-ring (bicyclic) bond motifs is 1. The number of carbonyl (C=O) groups is 1. The molecule has 0 saturated carbocycles. The van der Waals surface area contributed by atoms with Gasteiger partial charge in [0.15, 0.2) is 16.5 Å². The largest absolute Gasteiger partial charge is 0.433 e. The molecule has 9 nitrogen and oxygen atoms in total. The molecule has 0 aliphatic heterocycles. The van der Waals surface area contributed by atoms with E-state index >= 15 is 0 Å². The Morgan fingerprint density at radius 1 is 1.21 bits per heavy atom. The maximum absolute atomic E-state index is 13.4. The van der Waals surface area contributed by atoms with Crippen molar-refractivity contribution < 1.29 is 26.4 Å². The van der Waals surface area contributed by atoms with Crippen molar-refractivity contribution in [3.63, 3.8) is 0 Å². The molecule has 0 radical (unpaired) electrons. The highest BCUT2D eigenvalue weighted by atomic mass is 79.9. The van der Waals surface area contributed by atoms with Gasteiger partial charge in [-0.1, -0.05) is 0 Å². The fourth-order valence-corrected chi connectivity index (χ4v) is 5.12. The first kappa shape index (κ1) is 23.1. The van der Waals surface area contributed by atoms with Crippen LogP contribution in [-0.4, -0.2) is 33.9 Å². The highest BCUT2D eigenvalue weighted by Gasteiger charge is 2.36. The number of halogens is 4. The average Bonchev–Trinajstić information content (AvgIpc) is 3.35. The molecule has 0 aliphatic carbocycles. The predicted molar refractivity (Wildman–Crippen MR) is 118 cm³/mol. The van der Waals surface area contributed by atoms with Gasteiger partial charge in [-0.25, -0.2) is 22.9 Å². The van der Waals surface area contributed by atoms with E-state index in [1.54, 1.807) is 5.38 Å². The molecular formula is C18H12BrF3N6O3S2. The van der Waals surface area contributed by atoms with E-state index in [9.17, 15) is 26.4 Å². The van der Waals surface area contributed by atoms with Crippen LogP contribution in [0.1, 0.15) is 21.9 Å². The highest BCUT2D eigenvalue weighted by Crippen LogP contribution is 2.32. The molecule has 0 atom stereocenters. The zero-order chi connectivity index (χ0) is 24.0. The molecule has 0 spiro atoms. The maximum Gasteiger partial charge on any atom is 0.433 e. The number of hydrogen-bond donors (Lipinski definition) is 2. The van der Waals surface area contributed by atoms with Crippen molar-refractivity contribution >= 4 is 59.7 Å². The van der Waals surface area contributed by atoms with Crippen LogP contribution in [0.25, 0.3) is 5.65 Å². The lowest BCUT2D eigenvalue weighted by Gasteiger charge is -2.09. The fourth-order valence-electron chi connectivity index (χ4n) is 2.82. The first-order valence-corrected chi connectivity index (χ1v) is 12.1. The molecule has 15 heteroatoms. The van der Waals surface area contributed by atoms with Gasteiger partial charge in [0.2, 0.25) is 0 Å². The third kappa shape index (κ3) is 4.69. The molecule has 0 saturated heterocycles. The van der Waals surface area contributed by atoms with Gasteiger partial charge in [0.1, 0.15) is 5.69 Å². The van der Waals surface area contributed by atoms with Gasteiger partial charge in [-0.3, -0.25) is 9.52 Å². The number of carbonyl (C=O) groups excluding carboxylic acids is 1. The molecule has 4 aromatic rings. The summed E-state index contributed by atoms with van der Waals surface area (Å²) in [7, 11) is -3.88. The molecule has 1 amide bonds. The second kappa shape index (κ2) is 8.39. The molecule has 0 aliphatic rings. The summed E-state index contributed by atoms with van der Waals surface area (Å²) in [5.41, 5.74) is -1.25. The number of amides is 1. The van der Waals surface area contributed by atoms with Crippen molar-refractivity contribution in [3.8, 4) is 0 Å². The van der Waals surface area contributed by atoms with Crippen LogP contribution >= 0.6 is 27.3 Å². The second-order valence-corrected chi connectivity index (χ2v) is 9.97. The monoisotopic (exact) mass is 560 g/mol. The van der Waals surface area contributed by atoms with Crippen molar-refractivity contribution in [2.24, 2.45) is 0 Å². The summed E-state index contributed by atoms with van der Waals surface area (Å²) in [6.07, 6.45) is -3.26. The van der Waals surface area contributed by atoms with Gasteiger partial charge >= 0.3 is 6.18 Å². The van der Waals surface area contributed by atoms with Crippen LogP contribution in [0, 0.1) is 6.92 Å². The lowest BCUT2D eigenvalue weighted by atomic mass is 10.3. The Morgan fingerprint density at radius 3 is 2.52 bits per heavy atom. The van der Waals surface area contributed by atoms with E-state index < -0.39 is 27.8 Å². The molecule has 0 fully saturated rings. The zero-order valence-corrected chi connectivity index (χ0v) is 19.6. The minimum absolute atomic E-state index is 0.0129. The van der Waals surface area contributed by atoms with Gasteiger partial charge in [0, 0.05) is 23.0 Å². The third-order valence-electron chi connectivity index (χ3n) is 4.24. The van der Waals surface area contributed by atoms with Crippen LogP contribution in [0.15, 0.2) is 51.3 Å². The fraction of sp³-hybridized carbons (Fsp3) is 0.111. The van der Waals surface area contributed by atoms with Crippen LogP contribution in [-0.2, 0) is 16.2 Å². The molecule has 2 N–H and O–H groups in total. The van der Waals surface area contributed by atoms with Gasteiger partial charge < -0.3 is 5.32 Å². The Kier molecular flexibility index (Phi) is 5.88. The molecule has 172 valence electrons. The molecular weight excluding hydrogens is 549 g/mol. The number of sulfonamides is 1. The van der Waals surface area contributed by atoms with Crippen molar-refractivity contribution in [3.05, 3.63) is 63.5 Å². The topological polar surface area (TPSA) is 118 Å². The number of hydrogen-bond acceptors (Lipinski definition) is 7. The lowest BCUT2D eigenvalue weighted by molar-refractivity contribution is -0.142. The Morgan fingerprint density at radius 2 is 1.91 bits per heavy atom. The van der Waals surface area contributed by atoms with Crippen LogP contribution in [0.3, 0.4) is 0 Å². The van der Waals surface area contributed by atoms with Crippen LogP contribution in [0.2, 0.25) is 0 Å². The highest BCUT2D eigenvalue weighted by molar-refractivity contribution is 9.10. The molecule has 33 heavy (non-hydrogen) atoms. The number of benzene rings is 1. The molecule has 3 heterocycles. The Bertz CT molecular complexity index is 1450. The van der Waals surface area contributed by atoms with E-state index in [0.717, 1.165) is 17.4 Å². The lowest BCUT2D eigenvalue weighted by Crippen LogP contribution is -2.16. The number of anilines is 2. The van der Waals surface area contributed by atoms with Gasteiger partial charge in [-0.2, -0.15) is 18.3 Å². The predicted octanol–water partition coefficient (Wildman–Crippen LogP) is 4.33. The number of aromatic nitrogens is 4. The van der Waals surface area contributed by atoms with Crippen molar-refractivity contribution in [2.45, 2.75) is 18.0 Å². The number of aryl methyl sites for hydroxylation is 1. The number of nitrogens with one attached hydrogen (secondary N) is 2. The molecule has 1 aromatic carbocycles. The number of thiazole rings is 1. The summed E-state index contributed by atoms with van der Waals surface area (Å²) in [4.78, 5) is 20.5. The number of rotatable bonds is 5. The van der Waals surface area contributed by atoms with E-state index in [-0.39, 0.29) is 37.2 Å². The summed E-state index contributed by atoms with van der Waals surface area (Å²) in [6, 6.07) is 6.02. The average molecular weight is 561 g/mol. The summed E-state index contributed by atoms with van der Waals surface area (Å²) in [5, 5.41) is 8.07. The SMILES string of the molecule is Cc1cc(C(F)(F)F)n2nc(C(=O)Nc3ccc(S(=O)(=O)Nc4nccs4)cc3)c(Br)c2n1. The van der Waals surface area contributed by atoms with Gasteiger partial charge in [0.25, 0.3) is 15.9 Å². The van der Waals surface area contributed by atoms with Gasteiger partial charge in [-0.15, -0.1) is 11.3 Å². The zero-order valence-electron chi connectivity index (χ0n) is 16.4.